The third-order valence-electron chi connectivity index (χ3n) is 2.40. The van der Waals surface area contributed by atoms with Crippen molar-refractivity contribution < 1.29 is 4.74 Å². The molecule has 0 aromatic carbocycles. The fourth-order valence-corrected chi connectivity index (χ4v) is 1.50. The molecule has 1 rings (SSSR count). The number of methoxy groups -OCH3 is 1. The first-order valence-corrected chi connectivity index (χ1v) is 3.95. The molecule has 0 N–H and O–H groups in total. The van der Waals surface area contributed by atoms with E-state index in [1.54, 1.807) is 7.11 Å². The van der Waals surface area contributed by atoms with Crippen molar-refractivity contribution in [2.45, 2.75) is 19.4 Å². The minimum Gasteiger partial charge on any atom is -0.380 e. The summed E-state index contributed by atoms with van der Waals surface area (Å²) >= 11 is 0. The molecule has 10 heavy (non-hydrogen) atoms. The summed E-state index contributed by atoms with van der Waals surface area (Å²) in [5, 5.41) is 0. The van der Waals surface area contributed by atoms with E-state index >= 15 is 0 Å². The van der Waals surface area contributed by atoms with Crippen molar-refractivity contribution in [3.05, 3.63) is 0 Å². The fourth-order valence-electron chi connectivity index (χ4n) is 1.50. The second-order valence-electron chi connectivity index (χ2n) is 3.30. The van der Waals surface area contributed by atoms with E-state index in [-0.39, 0.29) is 0 Å². The number of likely N-dealkylation sites (tertiary alicyclic amines) is 1. The van der Waals surface area contributed by atoms with Gasteiger partial charge in [0.2, 0.25) is 0 Å². The van der Waals surface area contributed by atoms with Crippen LogP contribution in [0.15, 0.2) is 0 Å². The Bertz CT molecular complexity index is 105. The second-order valence-corrected chi connectivity index (χ2v) is 3.30. The van der Waals surface area contributed by atoms with Crippen molar-refractivity contribution in [3.63, 3.8) is 0 Å². The fraction of sp³-hybridized carbons (Fsp3) is 1.00. The summed E-state index contributed by atoms with van der Waals surface area (Å²) in [4.78, 5) is 2.33. The highest BCUT2D eigenvalue weighted by molar-refractivity contribution is 4.76. The van der Waals surface area contributed by atoms with Crippen LogP contribution in [0.3, 0.4) is 0 Å². The number of piperidine rings is 1. The molecule has 0 aliphatic carbocycles. The Balaban J connectivity index is 2.38. The number of hydrogen-bond acceptors (Lipinski definition) is 2. The number of hydrogen-bond donors (Lipinski definition) is 0. The topological polar surface area (TPSA) is 12.5 Å². The van der Waals surface area contributed by atoms with Gasteiger partial charge in [-0.05, 0) is 25.9 Å². The van der Waals surface area contributed by atoms with Crippen LogP contribution in [0.2, 0.25) is 0 Å². The highest BCUT2D eigenvalue weighted by atomic mass is 16.5. The maximum atomic E-state index is 5.33. The minimum absolute atomic E-state index is 0.457. The van der Waals surface area contributed by atoms with E-state index in [0.717, 1.165) is 12.5 Å². The van der Waals surface area contributed by atoms with Gasteiger partial charge in [0, 0.05) is 13.7 Å². The van der Waals surface area contributed by atoms with Crippen LogP contribution in [0.25, 0.3) is 0 Å². The minimum atomic E-state index is 0.457. The molecule has 1 aliphatic rings. The largest absolute Gasteiger partial charge is 0.380 e. The first-order chi connectivity index (χ1) is 4.74. The highest BCUT2D eigenvalue weighted by Gasteiger charge is 2.23. The molecule has 2 atom stereocenters. The molecule has 1 fully saturated rings. The van der Waals surface area contributed by atoms with E-state index in [1.165, 1.54) is 13.0 Å². The molecule has 0 radical (unpaired) electrons. The van der Waals surface area contributed by atoms with E-state index in [0.29, 0.717) is 6.10 Å². The summed E-state index contributed by atoms with van der Waals surface area (Å²) in [5.74, 6) is 0.737. The van der Waals surface area contributed by atoms with Gasteiger partial charge in [0.15, 0.2) is 0 Å². The molecule has 0 spiro atoms. The zero-order chi connectivity index (χ0) is 7.56. The van der Waals surface area contributed by atoms with Gasteiger partial charge >= 0.3 is 0 Å². The summed E-state index contributed by atoms with van der Waals surface area (Å²) in [5.41, 5.74) is 0. The lowest BCUT2D eigenvalue weighted by molar-refractivity contribution is 0.00324. The summed E-state index contributed by atoms with van der Waals surface area (Å²) in [6.07, 6.45) is 1.73. The van der Waals surface area contributed by atoms with Crippen LogP contribution >= 0.6 is 0 Å². The molecule has 2 heteroatoms. The quantitative estimate of drug-likeness (QED) is 0.542. The van der Waals surface area contributed by atoms with Crippen LogP contribution in [-0.2, 0) is 4.74 Å². The van der Waals surface area contributed by atoms with Gasteiger partial charge in [0.1, 0.15) is 0 Å². The molecule has 0 unspecified atom stereocenters. The van der Waals surface area contributed by atoms with Crippen LogP contribution in [-0.4, -0.2) is 38.3 Å². The Morgan fingerprint density at radius 2 is 2.20 bits per heavy atom. The van der Waals surface area contributed by atoms with Gasteiger partial charge < -0.3 is 9.64 Å². The third-order valence-corrected chi connectivity index (χ3v) is 2.40. The monoisotopic (exact) mass is 143 g/mol. The highest BCUT2D eigenvalue weighted by Crippen LogP contribution is 2.17. The zero-order valence-electron chi connectivity index (χ0n) is 7.13. The Hall–Kier alpha value is -0.0800. The van der Waals surface area contributed by atoms with E-state index < -0.39 is 0 Å². The van der Waals surface area contributed by atoms with Crippen LogP contribution in [0, 0.1) is 5.92 Å². The molecule has 0 aromatic rings. The summed E-state index contributed by atoms with van der Waals surface area (Å²) in [6, 6.07) is 0. The number of rotatable bonds is 1. The first-order valence-electron chi connectivity index (χ1n) is 3.95. The Labute approximate surface area is 63.2 Å². The Kier molecular flexibility index (Phi) is 2.69. The Morgan fingerprint density at radius 1 is 1.50 bits per heavy atom. The number of nitrogens with zero attached hydrogens (tertiary/aromatic N) is 1. The van der Waals surface area contributed by atoms with Crippen LogP contribution in [0.5, 0.6) is 0 Å². The van der Waals surface area contributed by atoms with Gasteiger partial charge in [-0.15, -0.1) is 0 Å². The van der Waals surface area contributed by atoms with Crippen molar-refractivity contribution in [3.8, 4) is 0 Å². The van der Waals surface area contributed by atoms with Crippen molar-refractivity contribution in [1.29, 1.82) is 0 Å². The summed E-state index contributed by atoms with van der Waals surface area (Å²) in [7, 11) is 3.96. The lowest BCUT2D eigenvalue weighted by atomic mass is 9.96. The van der Waals surface area contributed by atoms with E-state index in [9.17, 15) is 0 Å². The summed E-state index contributed by atoms with van der Waals surface area (Å²) < 4.78 is 5.33. The predicted octanol–water partition coefficient (Wildman–Crippen LogP) is 0.973. The van der Waals surface area contributed by atoms with Gasteiger partial charge in [-0.2, -0.15) is 0 Å². The SMILES string of the molecule is CO[C@H]1CN(C)CC[C@@H]1C. The molecule has 0 aromatic heterocycles. The number of likely N-dealkylation sites (N-methyl/N-ethyl adjacent to an activating group) is 1. The van der Waals surface area contributed by atoms with E-state index in [4.69, 9.17) is 4.74 Å². The van der Waals surface area contributed by atoms with Gasteiger partial charge in [-0.3, -0.25) is 0 Å². The zero-order valence-corrected chi connectivity index (χ0v) is 7.13. The van der Waals surface area contributed by atoms with Gasteiger partial charge in [-0.25, -0.2) is 0 Å². The molecule has 0 bridgehead atoms. The second kappa shape index (κ2) is 3.35. The molecule has 2 nitrogen and oxygen atoms in total. The molecule has 1 aliphatic heterocycles. The lowest BCUT2D eigenvalue weighted by Gasteiger charge is -2.33. The molecular formula is C8H17NO. The summed E-state index contributed by atoms with van der Waals surface area (Å²) in [6.45, 7) is 4.58. The normalized spacial score (nSPS) is 36.3. The average molecular weight is 143 g/mol. The van der Waals surface area contributed by atoms with Gasteiger partial charge in [-0.1, -0.05) is 6.92 Å². The van der Waals surface area contributed by atoms with Gasteiger partial charge in [0.05, 0.1) is 6.10 Å². The van der Waals surface area contributed by atoms with Crippen molar-refractivity contribution >= 4 is 0 Å². The van der Waals surface area contributed by atoms with Crippen LogP contribution in [0.4, 0.5) is 0 Å². The maximum Gasteiger partial charge on any atom is 0.0724 e. The molecule has 60 valence electrons. The average Bonchev–Trinajstić information content (AvgIpc) is 1.94. The molecule has 1 heterocycles. The van der Waals surface area contributed by atoms with Crippen molar-refractivity contribution in [1.82, 2.24) is 4.90 Å². The smallest absolute Gasteiger partial charge is 0.0724 e. The van der Waals surface area contributed by atoms with Crippen molar-refractivity contribution in [2.24, 2.45) is 5.92 Å². The Morgan fingerprint density at radius 3 is 2.70 bits per heavy atom. The molecule has 1 saturated heterocycles. The molecule has 0 amide bonds. The standard InChI is InChI=1S/C8H17NO/c1-7-4-5-9(2)6-8(7)10-3/h7-8H,4-6H2,1-3H3/t7-,8-/m0/s1. The van der Waals surface area contributed by atoms with E-state index in [1.807, 2.05) is 0 Å². The molecule has 0 saturated carbocycles. The van der Waals surface area contributed by atoms with Crippen molar-refractivity contribution in [2.75, 3.05) is 27.2 Å². The number of ether oxygens (including phenoxy) is 1. The first kappa shape index (κ1) is 8.02. The molecular weight excluding hydrogens is 126 g/mol. The van der Waals surface area contributed by atoms with E-state index in [2.05, 4.69) is 18.9 Å². The maximum absolute atomic E-state index is 5.33. The van der Waals surface area contributed by atoms with Gasteiger partial charge in [0.25, 0.3) is 0 Å². The van der Waals surface area contributed by atoms with Crippen LogP contribution in [0.1, 0.15) is 13.3 Å². The predicted molar refractivity (Wildman–Crippen MR) is 42.1 cm³/mol. The van der Waals surface area contributed by atoms with Crippen LogP contribution < -0.4 is 0 Å². The lowest BCUT2D eigenvalue weighted by Crippen LogP contribution is -2.41. The third kappa shape index (κ3) is 1.70.